The zero-order valence-corrected chi connectivity index (χ0v) is 14.8. The van der Waals surface area contributed by atoms with Gasteiger partial charge in [-0.3, -0.25) is 4.79 Å². The minimum Gasteiger partial charge on any atom is -0.288 e. The number of hydrogen-bond donors (Lipinski definition) is 0. The molecule has 0 bridgehead atoms. The van der Waals surface area contributed by atoms with E-state index in [1.807, 2.05) is 48.5 Å². The van der Waals surface area contributed by atoms with Crippen molar-refractivity contribution in [1.29, 1.82) is 0 Å². The summed E-state index contributed by atoms with van der Waals surface area (Å²) < 4.78 is 0. The second-order valence-corrected chi connectivity index (χ2v) is 7.13. The van der Waals surface area contributed by atoms with E-state index >= 15 is 0 Å². The molecule has 1 nitrogen and oxygen atoms in total. The zero-order chi connectivity index (χ0) is 17.2. The number of fused-ring (bicyclic) bond motifs is 1. The fourth-order valence-corrected chi connectivity index (χ4v) is 4.22. The highest BCUT2D eigenvalue weighted by Crippen LogP contribution is 2.44. The van der Waals surface area contributed by atoms with Crippen molar-refractivity contribution >= 4 is 23.1 Å². The predicted molar refractivity (Wildman–Crippen MR) is 105 cm³/mol. The topological polar surface area (TPSA) is 17.1 Å². The summed E-state index contributed by atoms with van der Waals surface area (Å²) in [6, 6.07) is 26.6. The molecule has 3 aromatic rings. The lowest BCUT2D eigenvalue weighted by Crippen LogP contribution is -1.95. The molecule has 0 aromatic heterocycles. The molecule has 0 N–H and O–H groups in total. The number of hydrogen-bond acceptors (Lipinski definition) is 2. The standard InChI is InChI=1S/C23H18OS/c1-2-16-12-14-17(15-13-16)21-19-10-6-7-11-20(19)22(24)23(21)25-18-8-4-3-5-9-18/h3-15H,2H2,1H3. The number of benzene rings is 3. The zero-order valence-electron chi connectivity index (χ0n) is 14.0. The van der Waals surface area contributed by atoms with E-state index in [4.69, 9.17) is 0 Å². The van der Waals surface area contributed by atoms with E-state index in [2.05, 4.69) is 37.3 Å². The van der Waals surface area contributed by atoms with Gasteiger partial charge in [0.25, 0.3) is 0 Å². The number of carbonyl (C=O) groups excluding carboxylic acids is 1. The van der Waals surface area contributed by atoms with Crippen molar-refractivity contribution < 1.29 is 4.79 Å². The molecule has 0 saturated carbocycles. The maximum atomic E-state index is 13.0. The molecule has 0 atom stereocenters. The molecule has 3 aromatic carbocycles. The highest BCUT2D eigenvalue weighted by Gasteiger charge is 2.30. The molecule has 0 saturated heterocycles. The van der Waals surface area contributed by atoms with Gasteiger partial charge in [-0.2, -0.15) is 0 Å². The highest BCUT2D eigenvalue weighted by molar-refractivity contribution is 8.04. The monoisotopic (exact) mass is 342 g/mol. The molecule has 1 aliphatic carbocycles. The SMILES string of the molecule is CCc1ccc(C2=C(Sc3ccccc3)C(=O)c3ccccc32)cc1. The van der Waals surface area contributed by atoms with Gasteiger partial charge in [0.2, 0.25) is 5.78 Å². The van der Waals surface area contributed by atoms with Gasteiger partial charge in [0.1, 0.15) is 0 Å². The summed E-state index contributed by atoms with van der Waals surface area (Å²) in [7, 11) is 0. The third-order valence-corrected chi connectivity index (χ3v) is 5.59. The van der Waals surface area contributed by atoms with E-state index in [-0.39, 0.29) is 5.78 Å². The molecule has 0 aliphatic heterocycles. The number of carbonyl (C=O) groups is 1. The molecule has 0 radical (unpaired) electrons. The Bertz CT molecular complexity index is 953. The summed E-state index contributed by atoms with van der Waals surface area (Å²) in [5, 5.41) is 0. The smallest absolute Gasteiger partial charge is 0.200 e. The lowest BCUT2D eigenvalue weighted by molar-refractivity contribution is 0.104. The molecular weight excluding hydrogens is 324 g/mol. The molecule has 1 aliphatic rings. The molecule has 4 rings (SSSR count). The van der Waals surface area contributed by atoms with E-state index in [0.29, 0.717) is 0 Å². The van der Waals surface area contributed by atoms with Crippen LogP contribution in [0.15, 0.2) is 88.7 Å². The number of rotatable bonds is 4. The number of Topliss-reactive ketones (excluding diaryl/α,β-unsaturated/α-hetero) is 1. The van der Waals surface area contributed by atoms with Crippen LogP contribution in [0.25, 0.3) is 5.57 Å². The van der Waals surface area contributed by atoms with Crippen LogP contribution in [0.2, 0.25) is 0 Å². The van der Waals surface area contributed by atoms with Gasteiger partial charge in [-0.15, -0.1) is 0 Å². The van der Waals surface area contributed by atoms with Crippen LogP contribution >= 0.6 is 11.8 Å². The van der Waals surface area contributed by atoms with Crippen molar-refractivity contribution in [1.82, 2.24) is 0 Å². The lowest BCUT2D eigenvalue weighted by atomic mass is 9.98. The summed E-state index contributed by atoms with van der Waals surface area (Å²) >= 11 is 1.56. The van der Waals surface area contributed by atoms with E-state index in [1.165, 1.54) is 5.56 Å². The van der Waals surface area contributed by atoms with Crippen molar-refractivity contribution in [2.75, 3.05) is 0 Å². The van der Waals surface area contributed by atoms with Crippen molar-refractivity contribution in [3.63, 3.8) is 0 Å². The van der Waals surface area contributed by atoms with E-state index < -0.39 is 0 Å². The Morgan fingerprint density at radius 1 is 0.760 bits per heavy atom. The number of thioether (sulfide) groups is 1. The average molecular weight is 342 g/mol. The summed E-state index contributed by atoms with van der Waals surface area (Å²) in [6.45, 7) is 2.15. The van der Waals surface area contributed by atoms with E-state index in [0.717, 1.165) is 38.5 Å². The largest absolute Gasteiger partial charge is 0.288 e. The van der Waals surface area contributed by atoms with Crippen molar-refractivity contribution in [2.45, 2.75) is 18.2 Å². The number of allylic oxidation sites excluding steroid dienone is 1. The molecule has 0 unspecified atom stereocenters. The van der Waals surface area contributed by atoms with Gasteiger partial charge in [-0.1, -0.05) is 85.4 Å². The molecule has 0 heterocycles. The van der Waals surface area contributed by atoms with Crippen molar-refractivity contribution in [2.24, 2.45) is 0 Å². The minimum atomic E-state index is 0.124. The maximum Gasteiger partial charge on any atom is 0.200 e. The first-order valence-electron chi connectivity index (χ1n) is 8.48. The van der Waals surface area contributed by atoms with Gasteiger partial charge in [0.05, 0.1) is 4.91 Å². The predicted octanol–water partition coefficient (Wildman–Crippen LogP) is 6.00. The minimum absolute atomic E-state index is 0.124. The van der Waals surface area contributed by atoms with Crippen LogP contribution in [0.4, 0.5) is 0 Å². The van der Waals surface area contributed by atoms with Crippen LogP contribution in [-0.2, 0) is 6.42 Å². The normalized spacial score (nSPS) is 13.2. The Kier molecular flexibility index (Phi) is 4.29. The fraction of sp³-hybridized carbons (Fsp3) is 0.0870. The summed E-state index contributed by atoms with van der Waals surface area (Å²) in [5.74, 6) is 0.124. The van der Waals surface area contributed by atoms with Crippen LogP contribution in [0.3, 0.4) is 0 Å². The van der Waals surface area contributed by atoms with Gasteiger partial charge < -0.3 is 0 Å². The second kappa shape index (κ2) is 6.73. The van der Waals surface area contributed by atoms with Crippen LogP contribution in [0.5, 0.6) is 0 Å². The molecule has 25 heavy (non-hydrogen) atoms. The summed E-state index contributed by atoms with van der Waals surface area (Å²) in [4.78, 5) is 14.9. The van der Waals surface area contributed by atoms with Gasteiger partial charge in [0.15, 0.2) is 0 Å². The molecule has 0 spiro atoms. The lowest BCUT2D eigenvalue weighted by Gasteiger charge is -2.09. The third-order valence-electron chi connectivity index (χ3n) is 4.49. The molecular formula is C23H18OS. The van der Waals surface area contributed by atoms with Crippen LogP contribution in [0.1, 0.15) is 34.0 Å². The van der Waals surface area contributed by atoms with E-state index in [1.54, 1.807) is 11.8 Å². The van der Waals surface area contributed by atoms with Crippen molar-refractivity contribution in [3.8, 4) is 0 Å². The Morgan fingerprint density at radius 2 is 1.40 bits per heavy atom. The first-order valence-corrected chi connectivity index (χ1v) is 9.30. The Hall–Kier alpha value is -2.58. The quantitative estimate of drug-likeness (QED) is 0.578. The first-order chi connectivity index (χ1) is 12.3. The molecule has 2 heteroatoms. The third kappa shape index (κ3) is 2.94. The average Bonchev–Trinajstić information content (AvgIpc) is 2.95. The van der Waals surface area contributed by atoms with Gasteiger partial charge in [-0.05, 0) is 35.2 Å². The molecule has 122 valence electrons. The molecule has 0 amide bonds. The fourth-order valence-electron chi connectivity index (χ4n) is 3.15. The Morgan fingerprint density at radius 3 is 2.08 bits per heavy atom. The Balaban J connectivity index is 1.86. The van der Waals surface area contributed by atoms with Crippen LogP contribution < -0.4 is 0 Å². The van der Waals surface area contributed by atoms with Gasteiger partial charge in [0, 0.05) is 16.0 Å². The number of ketones is 1. The van der Waals surface area contributed by atoms with Crippen LogP contribution in [0, 0.1) is 0 Å². The van der Waals surface area contributed by atoms with Crippen molar-refractivity contribution in [3.05, 3.63) is 106 Å². The van der Waals surface area contributed by atoms with Gasteiger partial charge in [-0.25, -0.2) is 0 Å². The second-order valence-electron chi connectivity index (χ2n) is 6.04. The first kappa shape index (κ1) is 15.9. The molecule has 0 fully saturated rings. The van der Waals surface area contributed by atoms with E-state index in [9.17, 15) is 4.79 Å². The Labute approximate surface area is 152 Å². The van der Waals surface area contributed by atoms with Gasteiger partial charge >= 0.3 is 0 Å². The maximum absolute atomic E-state index is 13.0. The number of aryl methyl sites for hydroxylation is 1. The highest BCUT2D eigenvalue weighted by atomic mass is 32.2. The summed E-state index contributed by atoms with van der Waals surface area (Å²) in [5.41, 5.74) is 5.30. The summed E-state index contributed by atoms with van der Waals surface area (Å²) in [6.07, 6.45) is 1.01. The van der Waals surface area contributed by atoms with Crippen LogP contribution in [-0.4, -0.2) is 5.78 Å².